The second kappa shape index (κ2) is 18.5. The first-order valence-electron chi connectivity index (χ1n) is 16.0. The largest absolute Gasteiger partial charge is 0.477 e. The molecule has 0 aliphatic carbocycles. The molecule has 3 aliphatic heterocycles. The van der Waals surface area contributed by atoms with Crippen LogP contribution in [0.3, 0.4) is 0 Å². The Hall–Kier alpha value is -3.69. The van der Waals surface area contributed by atoms with Crippen molar-refractivity contribution in [1.29, 1.82) is 0 Å². The van der Waals surface area contributed by atoms with Gasteiger partial charge in [-0.1, -0.05) is 18.2 Å². The molecule has 18 heteroatoms. The highest BCUT2D eigenvalue weighted by Gasteiger charge is 2.57. The number of nitrogens with one attached hydrogen (secondary N) is 2. The topological polar surface area (TPSA) is 277 Å². The van der Waals surface area contributed by atoms with E-state index in [0.29, 0.717) is 16.9 Å². The summed E-state index contributed by atoms with van der Waals surface area (Å²) < 4.78 is 28.2. The van der Waals surface area contributed by atoms with E-state index in [1.807, 2.05) is 0 Å². The van der Waals surface area contributed by atoms with E-state index in [1.54, 1.807) is 26.0 Å². The molecule has 0 amide bonds. The maximum absolute atomic E-state index is 12.9. The highest BCUT2D eigenvalue weighted by atomic mass is 16.8. The van der Waals surface area contributed by atoms with E-state index in [4.69, 9.17) is 34.5 Å². The normalized spacial score (nSPS) is 30.1. The van der Waals surface area contributed by atoms with Crippen molar-refractivity contribution in [1.82, 2.24) is 5.32 Å². The van der Waals surface area contributed by atoms with Gasteiger partial charge in [-0.2, -0.15) is 0 Å². The molecule has 8 atom stereocenters. The molecule has 0 radical (unpaired) electrons. The van der Waals surface area contributed by atoms with Crippen molar-refractivity contribution in [3.8, 4) is 0 Å². The quantitative estimate of drug-likeness (QED) is 0.0184. The number of aliphatic imine (C=N–C) groups is 1. The predicted octanol–water partition coefficient (Wildman–Crippen LogP) is -3.66. The Morgan fingerprint density at radius 2 is 1.96 bits per heavy atom. The zero-order valence-corrected chi connectivity index (χ0v) is 28.2. The van der Waals surface area contributed by atoms with Crippen LogP contribution >= 0.6 is 0 Å². The molecule has 0 aromatic heterocycles. The van der Waals surface area contributed by atoms with E-state index in [2.05, 4.69) is 16.9 Å². The number of nitrogens with two attached hydrogens (primary N) is 1. The summed E-state index contributed by atoms with van der Waals surface area (Å²) in [5.41, 5.74) is 6.45. The van der Waals surface area contributed by atoms with Gasteiger partial charge in [-0.15, -0.1) is 6.58 Å². The highest BCUT2D eigenvalue weighted by Crippen LogP contribution is 2.38. The van der Waals surface area contributed by atoms with E-state index < -0.39 is 73.2 Å². The van der Waals surface area contributed by atoms with E-state index in [9.17, 15) is 40.2 Å². The average molecular weight is 714 g/mol. The Labute approximate surface area is 289 Å². The number of rotatable bonds is 16. The van der Waals surface area contributed by atoms with Crippen LogP contribution in [0.25, 0.3) is 0 Å². The lowest BCUT2D eigenvalue weighted by Gasteiger charge is -2.48. The van der Waals surface area contributed by atoms with E-state index in [1.165, 1.54) is 19.4 Å². The van der Waals surface area contributed by atoms with Gasteiger partial charge in [0.2, 0.25) is 12.1 Å². The fraction of sp³-hybridized carbons (Fsp3) is 0.594. The zero-order valence-electron chi connectivity index (χ0n) is 28.2. The van der Waals surface area contributed by atoms with Crippen LogP contribution in [0.1, 0.15) is 20.3 Å². The van der Waals surface area contributed by atoms with Crippen molar-refractivity contribution < 1.29 is 73.9 Å². The van der Waals surface area contributed by atoms with Gasteiger partial charge in [0.25, 0.3) is 0 Å². The van der Waals surface area contributed by atoms with Gasteiger partial charge in [0.05, 0.1) is 49.9 Å². The number of carboxylic acid groups (broad SMARTS) is 1. The number of carbonyl (C=O) groups is 2. The number of carbonyl (C=O) groups excluding carboxylic acids is 1. The van der Waals surface area contributed by atoms with E-state index in [0.717, 1.165) is 6.26 Å². The number of aliphatic hydroxyl groups excluding tert-OH is 4. The Morgan fingerprint density at radius 3 is 2.54 bits per heavy atom. The number of guanidine groups is 1. The number of allylic oxidation sites excluding steroid dienone is 1. The number of hydrogen-bond donors (Lipinski definition) is 10. The maximum Gasteiger partial charge on any atom is 0.343 e. The molecule has 3 aliphatic rings. The first kappa shape index (κ1) is 40.7. The molecule has 0 saturated carbocycles. The Morgan fingerprint density at radius 1 is 1.24 bits per heavy atom. The molecule has 0 aromatic carbocycles. The second-order valence-electron chi connectivity index (χ2n) is 12.0. The molecule has 1 fully saturated rings. The van der Waals surface area contributed by atoms with Crippen LogP contribution in [-0.4, -0.2) is 143 Å². The predicted molar refractivity (Wildman–Crippen MR) is 173 cm³/mol. The van der Waals surface area contributed by atoms with Crippen LogP contribution in [0.2, 0.25) is 0 Å². The number of ether oxygens (including phenoxy) is 5. The van der Waals surface area contributed by atoms with Crippen LogP contribution in [0.5, 0.6) is 0 Å². The highest BCUT2D eigenvalue weighted by molar-refractivity contribution is 5.94. The average Bonchev–Trinajstić information content (AvgIpc) is 3.07. The summed E-state index contributed by atoms with van der Waals surface area (Å²) in [4.78, 5) is 30.0. The molecule has 11 N–H and O–H groups in total. The standard InChI is InChI=1S/C32H48N4O14/c1-5-19-20(8-7-18-13-36(10-12-38)14-21(27(41)42)24(18)35-31(33)34-9-6-11-37)22(28(43)46-4)16-47-29(19)50-30-26(48-17(2)3)32(44,45)25(40)23(15-39)49-30/h5,7-8,14,16-17,19-20,23,25-26,29-30,37-40,44-45H,1,6,9-13,15H2,2-4H3,(H,41,42)(H3,33,34,35)/p+1/b8-7+/t19-,20+,23-,25-,26+,29+,30+/m1/s1. The molecular weight excluding hydrogens is 664 g/mol. The summed E-state index contributed by atoms with van der Waals surface area (Å²) in [5.74, 6) is -6.86. The lowest BCUT2D eigenvalue weighted by atomic mass is 9.83. The van der Waals surface area contributed by atoms with Crippen molar-refractivity contribution in [3.05, 3.63) is 59.7 Å². The first-order valence-corrected chi connectivity index (χ1v) is 16.0. The summed E-state index contributed by atoms with van der Waals surface area (Å²) in [6.07, 6.45) is -1.19. The molecule has 0 bridgehead atoms. The van der Waals surface area contributed by atoms with Gasteiger partial charge in [-0.05, 0) is 20.3 Å². The Kier molecular flexibility index (Phi) is 15.1. The van der Waals surface area contributed by atoms with Crippen molar-refractivity contribution in [2.75, 3.05) is 46.6 Å². The minimum atomic E-state index is -2.91. The molecule has 280 valence electrons. The lowest BCUT2D eigenvalue weighted by Crippen LogP contribution is -3.09. The fourth-order valence-electron chi connectivity index (χ4n) is 5.65. The number of esters is 1. The van der Waals surface area contributed by atoms with Crippen molar-refractivity contribution in [2.24, 2.45) is 22.6 Å². The SMILES string of the molecule is C=C[C@H]1[C@H](O[C@@H]2O[C@H](CO)[C@@H](O)C(O)(O)[C@H]2OC(C)C)OC=C(C(=O)OC)[C@H]1/C=C/C1=C(NC(N)=NCCCO)C(C(=O)O)=C[NH+](CCO)C1. The van der Waals surface area contributed by atoms with Gasteiger partial charge in [-0.3, -0.25) is 4.99 Å². The summed E-state index contributed by atoms with van der Waals surface area (Å²) in [7, 11) is 1.17. The third-order valence-corrected chi connectivity index (χ3v) is 8.12. The second-order valence-corrected chi connectivity index (χ2v) is 12.0. The van der Waals surface area contributed by atoms with Crippen LogP contribution in [0, 0.1) is 11.8 Å². The molecule has 50 heavy (non-hydrogen) atoms. The first-order chi connectivity index (χ1) is 23.7. The minimum absolute atomic E-state index is 0.0277. The molecule has 0 spiro atoms. The van der Waals surface area contributed by atoms with Gasteiger partial charge in [0, 0.05) is 24.6 Å². The van der Waals surface area contributed by atoms with Crippen LogP contribution in [0.15, 0.2) is 64.7 Å². The minimum Gasteiger partial charge on any atom is -0.477 e. The maximum atomic E-state index is 12.9. The fourth-order valence-corrected chi connectivity index (χ4v) is 5.65. The number of carboxylic acids is 1. The van der Waals surface area contributed by atoms with Crippen molar-refractivity contribution in [2.45, 2.75) is 63.1 Å². The third-order valence-electron chi connectivity index (χ3n) is 8.12. The summed E-state index contributed by atoms with van der Waals surface area (Å²) >= 11 is 0. The van der Waals surface area contributed by atoms with Crippen molar-refractivity contribution in [3.63, 3.8) is 0 Å². The monoisotopic (exact) mass is 713 g/mol. The Balaban J connectivity index is 2.07. The van der Waals surface area contributed by atoms with E-state index in [-0.39, 0.29) is 55.7 Å². The molecule has 0 aromatic rings. The number of quaternary nitrogens is 1. The molecular formula is C32H49N4O14+. The number of aliphatic carboxylic acids is 1. The summed E-state index contributed by atoms with van der Waals surface area (Å²) in [5, 5.41) is 73.5. The van der Waals surface area contributed by atoms with Gasteiger partial charge in [-0.25, -0.2) is 9.59 Å². The van der Waals surface area contributed by atoms with Crippen LogP contribution in [0.4, 0.5) is 0 Å². The Bertz CT molecular complexity index is 1360. The van der Waals surface area contributed by atoms with Crippen molar-refractivity contribution >= 4 is 17.9 Å². The van der Waals surface area contributed by atoms with Gasteiger partial charge >= 0.3 is 11.9 Å². The van der Waals surface area contributed by atoms with E-state index >= 15 is 0 Å². The number of aliphatic hydroxyl groups is 6. The van der Waals surface area contributed by atoms with Crippen LogP contribution < -0.4 is 16.0 Å². The number of hydrogen-bond acceptors (Lipinski definition) is 14. The van der Waals surface area contributed by atoms with Crippen LogP contribution in [-0.2, 0) is 33.3 Å². The molecule has 3 rings (SSSR count). The molecule has 1 unspecified atom stereocenters. The summed E-state index contributed by atoms with van der Waals surface area (Å²) in [6, 6.07) is 0. The summed E-state index contributed by atoms with van der Waals surface area (Å²) in [6.45, 7) is 6.49. The molecule has 18 nitrogen and oxygen atoms in total. The van der Waals surface area contributed by atoms with Gasteiger partial charge < -0.3 is 75.4 Å². The number of nitrogens with zero attached hydrogens (tertiary/aromatic N) is 1. The lowest BCUT2D eigenvalue weighted by molar-refractivity contribution is -0.843. The van der Waals surface area contributed by atoms with Gasteiger partial charge in [0.15, 0.2) is 18.4 Å². The number of methoxy groups -OCH3 is 1. The third kappa shape index (κ3) is 9.75. The van der Waals surface area contributed by atoms with Gasteiger partial charge in [0.1, 0.15) is 37.1 Å². The zero-order chi connectivity index (χ0) is 37.2. The molecule has 3 heterocycles. The smallest absolute Gasteiger partial charge is 0.343 e. The molecule has 1 saturated heterocycles.